The van der Waals surface area contributed by atoms with Crippen LogP contribution in [0.4, 0.5) is 10.5 Å². The number of hydrogen-bond acceptors (Lipinski definition) is 5. The van der Waals surface area contributed by atoms with Gasteiger partial charge < -0.3 is 26.0 Å². The third-order valence-corrected chi connectivity index (χ3v) is 3.33. The lowest BCUT2D eigenvalue weighted by atomic mass is 10.0. The molecule has 22 heavy (non-hydrogen) atoms. The number of carbonyl (C=O) groups is 1. The number of nitrogens with two attached hydrogens (primary N) is 1. The number of aliphatic hydroxyl groups is 2. The van der Waals surface area contributed by atoms with Crippen LogP contribution in [0.2, 0.25) is 0 Å². The average Bonchev–Trinajstić information content (AvgIpc) is 2.35. The van der Waals surface area contributed by atoms with Crippen molar-refractivity contribution < 1.29 is 19.7 Å². The molecule has 2 atom stereocenters. The minimum atomic E-state index is -1.12. The van der Waals surface area contributed by atoms with Gasteiger partial charge in [0.1, 0.15) is 11.7 Å². The Morgan fingerprint density at radius 3 is 2.59 bits per heavy atom. The van der Waals surface area contributed by atoms with Crippen LogP contribution < -0.4 is 11.1 Å². The van der Waals surface area contributed by atoms with Gasteiger partial charge in [-0.3, -0.25) is 0 Å². The Kier molecular flexibility index (Phi) is 6.65. The van der Waals surface area contributed by atoms with E-state index in [0.29, 0.717) is 11.3 Å². The van der Waals surface area contributed by atoms with Gasteiger partial charge in [0.05, 0.1) is 6.10 Å². The smallest absolute Gasteiger partial charge is 0.407 e. The summed E-state index contributed by atoms with van der Waals surface area (Å²) in [4.78, 5) is 11.5. The van der Waals surface area contributed by atoms with Crippen LogP contribution in [-0.4, -0.2) is 34.6 Å². The van der Waals surface area contributed by atoms with E-state index in [9.17, 15) is 15.0 Å². The lowest BCUT2D eigenvalue weighted by Crippen LogP contribution is -2.34. The first-order valence-corrected chi connectivity index (χ1v) is 7.77. The summed E-state index contributed by atoms with van der Waals surface area (Å²) in [5.41, 5.74) is 6.08. The molecule has 124 valence electrons. The fourth-order valence-electron chi connectivity index (χ4n) is 1.82. The van der Waals surface area contributed by atoms with Crippen molar-refractivity contribution in [1.29, 1.82) is 0 Å². The van der Waals surface area contributed by atoms with Crippen molar-refractivity contribution in [3.05, 3.63) is 28.2 Å². The number of hydrogen-bond donors (Lipinski definition) is 4. The van der Waals surface area contributed by atoms with Crippen LogP contribution in [-0.2, 0) is 4.74 Å². The minimum absolute atomic E-state index is 0.177. The fourth-order valence-corrected chi connectivity index (χ4v) is 2.20. The number of amides is 1. The molecule has 0 aliphatic rings. The van der Waals surface area contributed by atoms with Gasteiger partial charge >= 0.3 is 6.09 Å². The molecule has 1 rings (SSSR count). The number of rotatable bonds is 5. The van der Waals surface area contributed by atoms with E-state index in [-0.39, 0.29) is 13.0 Å². The number of aliphatic hydroxyl groups excluding tert-OH is 2. The second-order valence-electron chi connectivity index (χ2n) is 6.00. The number of alkyl carbamates (subject to hydrolysis) is 1. The molecule has 7 heteroatoms. The van der Waals surface area contributed by atoms with E-state index in [0.717, 1.165) is 4.47 Å². The first kappa shape index (κ1) is 18.7. The van der Waals surface area contributed by atoms with Crippen LogP contribution >= 0.6 is 15.9 Å². The number of ether oxygens (including phenoxy) is 1. The minimum Gasteiger partial charge on any atom is -0.444 e. The molecule has 0 fully saturated rings. The second-order valence-corrected chi connectivity index (χ2v) is 6.92. The molecule has 0 saturated carbocycles. The van der Waals surface area contributed by atoms with Gasteiger partial charge in [0.15, 0.2) is 0 Å². The van der Waals surface area contributed by atoms with Gasteiger partial charge in [-0.15, -0.1) is 0 Å². The summed E-state index contributed by atoms with van der Waals surface area (Å²) in [5.74, 6) is 0. The predicted molar refractivity (Wildman–Crippen MR) is 88.4 cm³/mol. The number of carbonyl (C=O) groups excluding carboxylic acids is 1. The molecule has 0 spiro atoms. The van der Waals surface area contributed by atoms with Gasteiger partial charge in [-0.25, -0.2) is 4.79 Å². The van der Waals surface area contributed by atoms with Crippen molar-refractivity contribution in [3.8, 4) is 0 Å². The summed E-state index contributed by atoms with van der Waals surface area (Å²) in [7, 11) is 0. The van der Waals surface area contributed by atoms with E-state index in [4.69, 9.17) is 10.5 Å². The standard InChI is InChI=1S/C15H23BrN2O4/c1-15(2,3)22-14(21)18-7-6-12(19)13(20)10-5-4-9(16)8-11(10)17/h4-5,8,12-13,19-20H,6-7,17H2,1-3H3,(H,18,21). The monoisotopic (exact) mass is 374 g/mol. The Morgan fingerprint density at radius 1 is 1.41 bits per heavy atom. The van der Waals surface area contributed by atoms with E-state index in [1.54, 1.807) is 39.0 Å². The molecule has 1 aromatic rings. The molecule has 0 aromatic heterocycles. The highest BCUT2D eigenvalue weighted by molar-refractivity contribution is 9.10. The highest BCUT2D eigenvalue weighted by Gasteiger charge is 2.21. The lowest BCUT2D eigenvalue weighted by molar-refractivity contribution is 0.0127. The molecule has 0 radical (unpaired) electrons. The van der Waals surface area contributed by atoms with Crippen LogP contribution in [0.25, 0.3) is 0 Å². The molecule has 0 saturated heterocycles. The molecule has 0 heterocycles. The van der Waals surface area contributed by atoms with Gasteiger partial charge in [0.25, 0.3) is 0 Å². The van der Waals surface area contributed by atoms with Crippen LogP contribution in [0.3, 0.4) is 0 Å². The Balaban J connectivity index is 2.48. The number of anilines is 1. The highest BCUT2D eigenvalue weighted by Crippen LogP contribution is 2.27. The van der Waals surface area contributed by atoms with E-state index >= 15 is 0 Å². The summed E-state index contributed by atoms with van der Waals surface area (Å²) in [5, 5.41) is 22.7. The number of benzene rings is 1. The maximum atomic E-state index is 11.5. The third-order valence-electron chi connectivity index (χ3n) is 2.84. The van der Waals surface area contributed by atoms with Gasteiger partial charge in [-0.2, -0.15) is 0 Å². The highest BCUT2D eigenvalue weighted by atomic mass is 79.9. The Morgan fingerprint density at radius 2 is 2.05 bits per heavy atom. The summed E-state index contributed by atoms with van der Waals surface area (Å²) >= 11 is 3.28. The summed E-state index contributed by atoms with van der Waals surface area (Å²) < 4.78 is 5.87. The van der Waals surface area contributed by atoms with Gasteiger partial charge in [-0.05, 0) is 39.3 Å². The van der Waals surface area contributed by atoms with Gasteiger partial charge in [0, 0.05) is 22.3 Å². The molecule has 6 nitrogen and oxygen atoms in total. The Labute approximate surface area is 138 Å². The predicted octanol–water partition coefficient (Wildman–Crippen LogP) is 2.34. The molecule has 1 aromatic carbocycles. The zero-order valence-electron chi connectivity index (χ0n) is 13.0. The zero-order chi connectivity index (χ0) is 16.9. The van der Waals surface area contributed by atoms with Crippen LogP contribution in [0.1, 0.15) is 38.9 Å². The first-order valence-electron chi connectivity index (χ1n) is 6.98. The molecule has 0 aliphatic carbocycles. The topological polar surface area (TPSA) is 105 Å². The average molecular weight is 375 g/mol. The van der Waals surface area contributed by atoms with Crippen molar-refractivity contribution in [3.63, 3.8) is 0 Å². The van der Waals surface area contributed by atoms with Crippen molar-refractivity contribution in [2.45, 2.75) is 45.0 Å². The molecule has 5 N–H and O–H groups in total. The van der Waals surface area contributed by atoms with Crippen molar-refractivity contribution in [2.24, 2.45) is 0 Å². The quantitative estimate of drug-likeness (QED) is 0.592. The van der Waals surface area contributed by atoms with Crippen molar-refractivity contribution >= 4 is 27.7 Å². The van der Waals surface area contributed by atoms with Crippen molar-refractivity contribution in [1.82, 2.24) is 5.32 Å². The molecule has 2 unspecified atom stereocenters. The van der Waals surface area contributed by atoms with E-state index in [1.165, 1.54) is 0 Å². The van der Waals surface area contributed by atoms with E-state index < -0.39 is 23.9 Å². The SMILES string of the molecule is CC(C)(C)OC(=O)NCCC(O)C(O)c1ccc(Br)cc1N. The van der Waals surface area contributed by atoms with Crippen LogP contribution in [0, 0.1) is 0 Å². The molecule has 0 bridgehead atoms. The largest absolute Gasteiger partial charge is 0.444 e. The van der Waals surface area contributed by atoms with Gasteiger partial charge in [-0.1, -0.05) is 22.0 Å². The van der Waals surface area contributed by atoms with Crippen molar-refractivity contribution in [2.75, 3.05) is 12.3 Å². The maximum absolute atomic E-state index is 11.5. The number of nitrogen functional groups attached to an aromatic ring is 1. The molecule has 0 aliphatic heterocycles. The Bertz CT molecular complexity index is 517. The number of nitrogens with one attached hydrogen (secondary N) is 1. The van der Waals surface area contributed by atoms with Crippen LogP contribution in [0.15, 0.2) is 22.7 Å². The lowest BCUT2D eigenvalue weighted by Gasteiger charge is -2.22. The molecular formula is C15H23BrN2O4. The zero-order valence-corrected chi connectivity index (χ0v) is 14.6. The summed E-state index contributed by atoms with van der Waals surface area (Å²) in [6.45, 7) is 5.48. The molecule has 1 amide bonds. The van der Waals surface area contributed by atoms with E-state index in [2.05, 4.69) is 21.2 Å². The van der Waals surface area contributed by atoms with Gasteiger partial charge in [0.2, 0.25) is 0 Å². The first-order chi connectivity index (χ1) is 10.1. The summed E-state index contributed by atoms with van der Waals surface area (Å²) in [6, 6.07) is 5.04. The third kappa shape index (κ3) is 6.21. The van der Waals surface area contributed by atoms with E-state index in [1.807, 2.05) is 0 Å². The van der Waals surface area contributed by atoms with Crippen LogP contribution in [0.5, 0.6) is 0 Å². The Hall–Kier alpha value is -1.31. The maximum Gasteiger partial charge on any atom is 0.407 e. The molecular weight excluding hydrogens is 352 g/mol. The number of halogens is 1. The second kappa shape index (κ2) is 7.80. The fraction of sp³-hybridized carbons (Fsp3) is 0.533. The summed E-state index contributed by atoms with van der Waals surface area (Å²) in [6.07, 6.45) is -2.54. The normalized spacial score (nSPS) is 14.3.